The monoisotopic (exact) mass is 494 g/mol. The van der Waals surface area contributed by atoms with Gasteiger partial charge in [-0.3, -0.25) is 4.79 Å². The molecule has 1 aromatic heterocycles. The normalized spacial score (nSPS) is 11.2. The quantitative estimate of drug-likeness (QED) is 0.353. The second-order valence-corrected chi connectivity index (χ2v) is 9.40. The molecule has 0 unspecified atom stereocenters. The van der Waals surface area contributed by atoms with Crippen LogP contribution in [-0.4, -0.2) is 29.4 Å². The van der Waals surface area contributed by atoms with Gasteiger partial charge >= 0.3 is 0 Å². The number of carbonyl (C=O) groups is 1. The summed E-state index contributed by atoms with van der Waals surface area (Å²) < 4.78 is 28.1. The van der Waals surface area contributed by atoms with E-state index in [2.05, 4.69) is 20.0 Å². The molecule has 34 heavy (non-hydrogen) atoms. The lowest BCUT2D eigenvalue weighted by Gasteiger charge is -2.11. The Morgan fingerprint density at radius 1 is 0.941 bits per heavy atom. The molecule has 8 nitrogen and oxygen atoms in total. The highest BCUT2D eigenvalue weighted by atomic mass is 35.5. The number of aromatic nitrogens is 2. The molecule has 172 valence electrons. The molecular formula is C24H19ClN4O4S. The predicted octanol–water partition coefficient (Wildman–Crippen LogP) is 4.23. The molecule has 0 spiro atoms. The summed E-state index contributed by atoms with van der Waals surface area (Å²) in [6.07, 6.45) is 2.83. The zero-order valence-electron chi connectivity index (χ0n) is 17.6. The van der Waals surface area contributed by atoms with Gasteiger partial charge in [0.25, 0.3) is 5.91 Å². The lowest BCUT2D eigenvalue weighted by Crippen LogP contribution is -2.24. The van der Waals surface area contributed by atoms with Gasteiger partial charge < -0.3 is 10.4 Å². The van der Waals surface area contributed by atoms with E-state index in [4.69, 9.17) is 11.6 Å². The number of hydrogen-bond acceptors (Lipinski definition) is 6. The molecule has 0 aliphatic carbocycles. The van der Waals surface area contributed by atoms with Gasteiger partial charge in [-0.1, -0.05) is 54.1 Å². The van der Waals surface area contributed by atoms with E-state index >= 15 is 0 Å². The minimum Gasteiger partial charge on any atom is -0.508 e. The number of benzene rings is 3. The molecular weight excluding hydrogens is 476 g/mol. The van der Waals surface area contributed by atoms with Crippen molar-refractivity contribution in [2.24, 2.45) is 0 Å². The average Bonchev–Trinajstić information content (AvgIpc) is 2.84. The van der Waals surface area contributed by atoms with Crippen LogP contribution in [0.25, 0.3) is 11.4 Å². The van der Waals surface area contributed by atoms with Crippen molar-refractivity contribution in [3.8, 4) is 17.1 Å². The van der Waals surface area contributed by atoms with Gasteiger partial charge in [0.2, 0.25) is 10.0 Å². The van der Waals surface area contributed by atoms with Crippen molar-refractivity contribution in [1.29, 1.82) is 0 Å². The minimum atomic E-state index is -3.96. The van der Waals surface area contributed by atoms with Crippen LogP contribution in [0.5, 0.6) is 5.75 Å². The molecule has 0 aliphatic heterocycles. The number of nitrogens with zero attached hydrogens (tertiary/aromatic N) is 2. The summed E-state index contributed by atoms with van der Waals surface area (Å²) in [5, 5.41) is 12.2. The number of phenolic OH excluding ortho intramolecular Hbond substituents is 1. The zero-order valence-corrected chi connectivity index (χ0v) is 19.2. The number of anilines is 1. The molecule has 4 rings (SSSR count). The van der Waals surface area contributed by atoms with Gasteiger partial charge in [0.15, 0.2) is 5.82 Å². The maximum atomic E-state index is 12.8. The number of carbonyl (C=O) groups excluding carboxylic acids is 1. The van der Waals surface area contributed by atoms with Gasteiger partial charge in [-0.15, -0.1) is 0 Å². The molecule has 0 radical (unpaired) electrons. The third kappa shape index (κ3) is 5.57. The SMILES string of the molecule is O=C(Nc1cnc(-c2cccc(O)c2)nc1)c1ccc(Cl)c(S(=O)(=O)NCc2ccccc2)c1. The summed E-state index contributed by atoms with van der Waals surface area (Å²) in [6, 6.07) is 19.5. The Morgan fingerprint density at radius 3 is 2.38 bits per heavy atom. The topological polar surface area (TPSA) is 121 Å². The van der Waals surface area contributed by atoms with Crippen LogP contribution in [0, 0.1) is 0 Å². The lowest BCUT2D eigenvalue weighted by molar-refractivity contribution is 0.102. The minimum absolute atomic E-state index is 0.00379. The first-order chi connectivity index (χ1) is 16.3. The van der Waals surface area contributed by atoms with Crippen molar-refractivity contribution in [3.05, 3.63) is 101 Å². The molecule has 0 atom stereocenters. The van der Waals surface area contributed by atoms with E-state index in [9.17, 15) is 18.3 Å². The number of hydrogen-bond donors (Lipinski definition) is 3. The van der Waals surface area contributed by atoms with E-state index in [0.29, 0.717) is 17.1 Å². The molecule has 0 saturated heterocycles. The lowest BCUT2D eigenvalue weighted by atomic mass is 10.2. The Hall–Kier alpha value is -3.79. The van der Waals surface area contributed by atoms with Crippen molar-refractivity contribution in [1.82, 2.24) is 14.7 Å². The van der Waals surface area contributed by atoms with E-state index in [1.807, 2.05) is 18.2 Å². The number of phenols is 1. The standard InChI is InChI=1S/C24H19ClN4O4S/c25-21-10-9-18(12-22(21)34(32,33)28-13-16-5-2-1-3-6-16)24(31)29-19-14-26-23(27-15-19)17-7-4-8-20(30)11-17/h1-12,14-15,28,30H,13H2,(H,29,31). The van der Waals surface area contributed by atoms with Gasteiger partial charge in [-0.2, -0.15) is 0 Å². The summed E-state index contributed by atoms with van der Waals surface area (Å²) in [4.78, 5) is 20.9. The number of halogens is 1. The fourth-order valence-corrected chi connectivity index (χ4v) is 4.63. The maximum absolute atomic E-state index is 12.8. The number of nitrogens with one attached hydrogen (secondary N) is 2. The van der Waals surface area contributed by atoms with E-state index in [-0.39, 0.29) is 27.8 Å². The Labute approximate surface area is 201 Å². The fraction of sp³-hybridized carbons (Fsp3) is 0.0417. The number of rotatable bonds is 7. The highest BCUT2D eigenvalue weighted by Crippen LogP contribution is 2.24. The van der Waals surface area contributed by atoms with Crippen molar-refractivity contribution < 1.29 is 18.3 Å². The van der Waals surface area contributed by atoms with Crippen LogP contribution < -0.4 is 10.0 Å². The van der Waals surface area contributed by atoms with E-state index in [1.54, 1.807) is 24.3 Å². The highest BCUT2D eigenvalue weighted by Gasteiger charge is 2.20. The first-order valence-corrected chi connectivity index (χ1v) is 11.9. The Kier molecular flexibility index (Phi) is 6.87. The van der Waals surface area contributed by atoms with Crippen LogP contribution in [0.1, 0.15) is 15.9 Å². The van der Waals surface area contributed by atoms with Crippen molar-refractivity contribution in [2.75, 3.05) is 5.32 Å². The number of amides is 1. The second kappa shape index (κ2) is 10.0. The van der Waals surface area contributed by atoms with Gasteiger partial charge in [0, 0.05) is 17.7 Å². The molecule has 0 fully saturated rings. The van der Waals surface area contributed by atoms with Crippen LogP contribution in [-0.2, 0) is 16.6 Å². The second-order valence-electron chi connectivity index (χ2n) is 7.26. The van der Waals surface area contributed by atoms with Crippen LogP contribution in [0.15, 0.2) is 90.1 Å². The van der Waals surface area contributed by atoms with Crippen molar-refractivity contribution in [3.63, 3.8) is 0 Å². The highest BCUT2D eigenvalue weighted by molar-refractivity contribution is 7.89. The smallest absolute Gasteiger partial charge is 0.255 e. The third-order valence-corrected chi connectivity index (χ3v) is 6.69. The molecule has 3 aromatic carbocycles. The van der Waals surface area contributed by atoms with Gasteiger partial charge in [0.1, 0.15) is 10.6 Å². The van der Waals surface area contributed by atoms with Crippen LogP contribution >= 0.6 is 11.6 Å². The van der Waals surface area contributed by atoms with Crippen LogP contribution in [0.3, 0.4) is 0 Å². The zero-order chi connectivity index (χ0) is 24.1. The molecule has 1 amide bonds. The Morgan fingerprint density at radius 2 is 1.68 bits per heavy atom. The fourth-order valence-electron chi connectivity index (χ4n) is 3.09. The van der Waals surface area contributed by atoms with Gasteiger partial charge in [-0.25, -0.2) is 23.1 Å². The predicted molar refractivity (Wildman–Crippen MR) is 129 cm³/mol. The molecule has 1 heterocycles. The summed E-state index contributed by atoms with van der Waals surface area (Å²) in [6.45, 7) is 0.0821. The van der Waals surface area contributed by atoms with Crippen molar-refractivity contribution >= 4 is 33.2 Å². The summed E-state index contributed by atoms with van der Waals surface area (Å²) in [5.74, 6) is -0.0895. The molecule has 3 N–H and O–H groups in total. The van der Waals surface area contributed by atoms with E-state index in [1.165, 1.54) is 42.7 Å². The molecule has 4 aromatic rings. The van der Waals surface area contributed by atoms with E-state index in [0.717, 1.165) is 5.56 Å². The Bertz CT molecular complexity index is 1430. The Balaban J connectivity index is 1.49. The molecule has 0 saturated carbocycles. The third-order valence-electron chi connectivity index (χ3n) is 4.81. The van der Waals surface area contributed by atoms with Gasteiger partial charge in [-0.05, 0) is 35.9 Å². The van der Waals surface area contributed by atoms with Gasteiger partial charge in [0.05, 0.1) is 23.1 Å². The summed E-state index contributed by atoms with van der Waals surface area (Å²) in [5.41, 5.74) is 1.82. The first-order valence-electron chi connectivity index (χ1n) is 10.1. The summed E-state index contributed by atoms with van der Waals surface area (Å²) >= 11 is 6.13. The average molecular weight is 495 g/mol. The van der Waals surface area contributed by atoms with E-state index < -0.39 is 15.9 Å². The molecule has 0 aliphatic rings. The van der Waals surface area contributed by atoms with Crippen LogP contribution in [0.2, 0.25) is 5.02 Å². The number of sulfonamides is 1. The number of aromatic hydroxyl groups is 1. The maximum Gasteiger partial charge on any atom is 0.255 e. The van der Waals surface area contributed by atoms with Crippen molar-refractivity contribution in [2.45, 2.75) is 11.4 Å². The first kappa shape index (κ1) is 23.4. The largest absolute Gasteiger partial charge is 0.508 e. The summed E-state index contributed by atoms with van der Waals surface area (Å²) in [7, 11) is -3.96. The molecule has 0 bridgehead atoms. The van der Waals surface area contributed by atoms with Crippen LogP contribution in [0.4, 0.5) is 5.69 Å². The molecule has 10 heteroatoms.